The normalized spacial score (nSPS) is 28.4. The number of nitrogens with one attached hydrogen (secondary N) is 3. The molecule has 0 spiro atoms. The number of anilines is 2. The van der Waals surface area contributed by atoms with Crippen LogP contribution in [0, 0.1) is 0 Å². The zero-order valence-corrected chi connectivity index (χ0v) is 42.4. The van der Waals surface area contributed by atoms with Crippen molar-refractivity contribution in [1.82, 2.24) is 49.3 Å². The summed E-state index contributed by atoms with van der Waals surface area (Å²) in [5, 5.41) is 14.3. The molecule has 4 aliphatic heterocycles. The number of nitrogen functional groups attached to an aromatic ring is 2. The fourth-order valence-corrected chi connectivity index (χ4v) is 11.1. The number of ether oxygens (including phenoxy) is 6. The average molecular weight is 1120 g/mol. The molecule has 0 aromatic carbocycles. The van der Waals surface area contributed by atoms with Gasteiger partial charge in [-0.05, 0) is 18.2 Å². The van der Waals surface area contributed by atoms with Crippen molar-refractivity contribution >= 4 is 95.3 Å². The maximum Gasteiger partial charge on any atom is 0.386 e. The number of aliphatic hydroxyl groups is 1. The molecule has 4 unspecified atom stereocenters. The first kappa shape index (κ1) is 55.3. The lowest BCUT2D eigenvalue weighted by atomic mass is 10.1. The van der Waals surface area contributed by atoms with Gasteiger partial charge in [-0.3, -0.25) is 66.3 Å². The summed E-state index contributed by atoms with van der Waals surface area (Å²) < 4.78 is 74.4. The first-order chi connectivity index (χ1) is 35.4. The lowest BCUT2D eigenvalue weighted by molar-refractivity contribution is -0.137. The van der Waals surface area contributed by atoms with E-state index in [4.69, 9.17) is 69.8 Å². The molecule has 4 aliphatic rings. The molecule has 0 aliphatic carbocycles. The average Bonchev–Trinajstić information content (AvgIpc) is 4.16. The molecule has 0 bridgehead atoms. The van der Waals surface area contributed by atoms with Crippen LogP contribution in [0.5, 0.6) is 0 Å². The standard InChI is InChI=1S/C39H52N12O19P2S2/c40-38-45-32-27(34(57)47-38)42-18-50(32)36-26(44-23(53)6-9-62-11-13-64-15-14-63-12-10-61-8-1-2-20(52)5-7-49-24(54)3-4-25(49)55)30-21(67-36)16-65-72(60,74)70-31-22(17-66-71(59,73)69-30)68-37(29(31)56)51-19-43-28-33(51)46-39(41)48-35(28)58/h3-4,18-19,21-22,26,29-31,36-37,56H,1-2,5-17H2,(H,44,53)(H,59,73)(H,60,74)(H3,40,45,47,57)(H3,41,46,48,58)/t21-,22-,26?,29+,30+,31?,36-,37-,71?,72?/m1/s1. The molecule has 9 N–H and O–H groups in total. The Balaban J connectivity index is 0.827. The van der Waals surface area contributed by atoms with E-state index in [9.17, 15) is 43.3 Å². The van der Waals surface area contributed by atoms with Crippen LogP contribution >= 0.6 is 25.8 Å². The highest BCUT2D eigenvalue weighted by Gasteiger charge is 2.54. The minimum atomic E-state index is -4.53. The lowest BCUT2D eigenvalue weighted by Crippen LogP contribution is -2.48. The van der Waals surface area contributed by atoms with Crippen molar-refractivity contribution in [3.63, 3.8) is 0 Å². The van der Waals surface area contributed by atoms with Crippen LogP contribution in [0.1, 0.15) is 38.1 Å². The SMILES string of the molecule is Nc1nc2c(ncn2[C@@H]2O[C@@H]3COP(O)(=S)OC4[C@@H](COP(=O)(S)O[C@@H]3C2NC(=O)CCOCCOCCOCCOCCCC(=O)CCN2C(=O)C=CC2=O)O[C@@H](n2cnc3c(=O)[nH]c(N)nc32)[C@H]4O)c(=O)[nH]1. The third kappa shape index (κ3) is 13.5. The van der Waals surface area contributed by atoms with E-state index in [-0.39, 0.29) is 98.8 Å². The highest BCUT2D eigenvalue weighted by molar-refractivity contribution is 8.44. The summed E-state index contributed by atoms with van der Waals surface area (Å²) in [4.78, 5) is 108. The topological polar surface area (TPSA) is 413 Å². The summed E-state index contributed by atoms with van der Waals surface area (Å²) in [6.07, 6.45) is -4.76. The quantitative estimate of drug-likeness (QED) is 0.0187. The van der Waals surface area contributed by atoms with E-state index < -0.39 is 105 Å². The molecule has 4 aromatic heterocycles. The van der Waals surface area contributed by atoms with Gasteiger partial charge in [-0.25, -0.2) is 14.5 Å². The van der Waals surface area contributed by atoms with Gasteiger partial charge >= 0.3 is 13.5 Å². The van der Waals surface area contributed by atoms with Gasteiger partial charge in [0, 0.05) is 44.6 Å². The van der Waals surface area contributed by atoms with Gasteiger partial charge in [0.15, 0.2) is 34.8 Å². The third-order valence-corrected chi connectivity index (χ3v) is 14.8. The number of hydrogen-bond acceptors (Lipinski definition) is 25. The number of thiol groups is 1. The van der Waals surface area contributed by atoms with Gasteiger partial charge in [0.05, 0.1) is 72.1 Å². The molecule has 8 rings (SSSR count). The molecule has 0 saturated carbocycles. The number of carbonyl (C=O) groups is 4. The predicted octanol–water partition coefficient (Wildman–Crippen LogP) is -1.75. The minimum absolute atomic E-state index is 0.0556. The first-order valence-electron chi connectivity index (χ1n) is 22.8. The van der Waals surface area contributed by atoms with Gasteiger partial charge in [-0.1, -0.05) is 12.2 Å². The van der Waals surface area contributed by atoms with Crippen LogP contribution in [0.3, 0.4) is 0 Å². The van der Waals surface area contributed by atoms with Crippen molar-refractivity contribution in [2.75, 3.05) is 84.1 Å². The summed E-state index contributed by atoms with van der Waals surface area (Å²) in [7, 11) is 0. The Hall–Kier alpha value is -4.93. The highest BCUT2D eigenvalue weighted by atomic mass is 32.7. The van der Waals surface area contributed by atoms with E-state index >= 15 is 0 Å². The Morgan fingerprint density at radius 3 is 1.91 bits per heavy atom. The summed E-state index contributed by atoms with van der Waals surface area (Å²) in [6, 6.07) is -1.31. The van der Waals surface area contributed by atoms with Crippen molar-refractivity contribution < 1.29 is 80.3 Å². The molecule has 3 fully saturated rings. The molecule has 74 heavy (non-hydrogen) atoms. The molecule has 4 aromatic rings. The van der Waals surface area contributed by atoms with Crippen molar-refractivity contribution in [1.29, 1.82) is 0 Å². The number of nitrogens with zero attached hydrogens (tertiary/aromatic N) is 7. The number of aromatic nitrogens is 8. The van der Waals surface area contributed by atoms with Crippen LogP contribution in [0.2, 0.25) is 0 Å². The van der Waals surface area contributed by atoms with E-state index in [2.05, 4.69) is 47.5 Å². The van der Waals surface area contributed by atoms with Crippen LogP contribution in [0.4, 0.5) is 11.9 Å². The number of nitrogens with two attached hydrogens (primary N) is 2. The number of Topliss-reactive ketones (excluding diaryl/α,β-unsaturated/α-hetero) is 1. The fraction of sp³-hybridized carbons (Fsp3) is 0.590. The number of imidazole rings is 2. The minimum Gasteiger partial charge on any atom is -0.386 e. The van der Waals surface area contributed by atoms with Crippen LogP contribution in [0.25, 0.3) is 22.3 Å². The Morgan fingerprint density at radius 2 is 1.30 bits per heavy atom. The van der Waals surface area contributed by atoms with Gasteiger partial charge in [0.25, 0.3) is 22.9 Å². The summed E-state index contributed by atoms with van der Waals surface area (Å²) in [5.74, 6) is -2.05. The molecule has 3 saturated heterocycles. The fourth-order valence-electron chi connectivity index (χ4n) is 8.14. The number of aromatic amines is 2. The third-order valence-electron chi connectivity index (χ3n) is 11.6. The van der Waals surface area contributed by atoms with E-state index in [1.54, 1.807) is 0 Å². The van der Waals surface area contributed by atoms with Crippen LogP contribution in [-0.4, -0.2) is 187 Å². The van der Waals surface area contributed by atoms with Gasteiger partial charge in [0.1, 0.15) is 42.3 Å². The maximum atomic E-state index is 14.1. The molecule has 8 heterocycles. The molecule has 31 nitrogen and oxygen atoms in total. The largest absolute Gasteiger partial charge is 0.386 e. The number of imide groups is 1. The van der Waals surface area contributed by atoms with Gasteiger partial charge < -0.3 is 59.7 Å². The van der Waals surface area contributed by atoms with Gasteiger partial charge in [-0.15, -0.1) is 0 Å². The molecular weight excluding hydrogens is 1070 g/mol. The number of rotatable bonds is 22. The van der Waals surface area contributed by atoms with Crippen LogP contribution in [-0.2, 0) is 82.1 Å². The molecule has 35 heteroatoms. The lowest BCUT2D eigenvalue weighted by Gasteiger charge is -2.30. The first-order valence-corrected chi connectivity index (χ1v) is 28.1. The molecule has 404 valence electrons. The molecule has 10 atom stereocenters. The summed E-state index contributed by atoms with van der Waals surface area (Å²) in [6.45, 7) is -8.51. The summed E-state index contributed by atoms with van der Waals surface area (Å²) in [5.41, 5.74) is 9.86. The number of fused-ring (bicyclic) bond motifs is 4. The van der Waals surface area contributed by atoms with Crippen molar-refractivity contribution in [3.05, 3.63) is 45.5 Å². The Morgan fingerprint density at radius 1 is 0.770 bits per heavy atom. The van der Waals surface area contributed by atoms with Gasteiger partial charge in [-0.2, -0.15) is 9.97 Å². The number of ketones is 1. The Bertz CT molecular complexity index is 2940. The van der Waals surface area contributed by atoms with E-state index in [1.165, 1.54) is 27.6 Å². The number of aliphatic hydroxyl groups excluding tert-OH is 1. The van der Waals surface area contributed by atoms with E-state index in [0.717, 1.165) is 11.2 Å². The molecule has 3 amide bonds. The number of hydrogen-bond donors (Lipinski definition) is 8. The Labute approximate surface area is 427 Å². The summed E-state index contributed by atoms with van der Waals surface area (Å²) >= 11 is 9.58. The number of carbonyl (C=O) groups excluding carboxylic acids is 4. The predicted molar refractivity (Wildman–Crippen MR) is 258 cm³/mol. The zero-order valence-electron chi connectivity index (χ0n) is 38.9. The maximum absolute atomic E-state index is 14.1. The molecular formula is C39H52N12O19P2S2. The van der Waals surface area contributed by atoms with Crippen LogP contribution < -0.4 is 27.9 Å². The van der Waals surface area contributed by atoms with Crippen molar-refractivity contribution in [2.24, 2.45) is 0 Å². The molecule has 0 radical (unpaired) electrons. The second kappa shape index (κ2) is 24.4. The van der Waals surface area contributed by atoms with Gasteiger partial charge in [0.2, 0.25) is 17.8 Å². The second-order valence-corrected chi connectivity index (χ2v) is 22.4. The number of amides is 3. The second-order valence-electron chi connectivity index (χ2n) is 16.7. The van der Waals surface area contributed by atoms with Crippen molar-refractivity contribution in [2.45, 2.75) is 74.7 Å². The van der Waals surface area contributed by atoms with Crippen LogP contribution in [0.15, 0.2) is 34.4 Å². The smallest absolute Gasteiger partial charge is 0.386 e. The Kier molecular flexibility index (Phi) is 18.2. The van der Waals surface area contributed by atoms with E-state index in [0.29, 0.717) is 26.2 Å². The van der Waals surface area contributed by atoms with E-state index in [1.807, 2.05) is 0 Å². The zero-order chi connectivity index (χ0) is 52.7. The highest BCUT2D eigenvalue weighted by Crippen LogP contribution is 2.58. The monoisotopic (exact) mass is 1120 g/mol. The van der Waals surface area contributed by atoms with Crippen molar-refractivity contribution in [3.8, 4) is 0 Å². The number of H-pyrrole nitrogens is 2.